The van der Waals surface area contributed by atoms with Crippen LogP contribution in [0.1, 0.15) is 258 Å². The highest BCUT2D eigenvalue weighted by atomic mass is 16.6. The monoisotopic (exact) mass is 1050 g/mol. The summed E-state index contributed by atoms with van der Waals surface area (Å²) in [6, 6.07) is 0. The zero-order chi connectivity index (χ0) is 55.0. The number of carbonyl (C=O) groups is 3. The van der Waals surface area contributed by atoms with Crippen LogP contribution in [-0.2, 0) is 28.6 Å². The molecule has 0 saturated carbocycles. The Balaban J connectivity index is 4.51. The summed E-state index contributed by atoms with van der Waals surface area (Å²) in [7, 11) is 0. The molecule has 0 radical (unpaired) electrons. The summed E-state index contributed by atoms with van der Waals surface area (Å²) in [4.78, 5) is 38.3. The molecule has 0 amide bonds. The number of allylic oxidation sites excluding steroid dienone is 24. The highest BCUT2D eigenvalue weighted by molar-refractivity contribution is 5.71. The maximum Gasteiger partial charge on any atom is 0.306 e. The lowest BCUT2D eigenvalue weighted by atomic mass is 10.1. The maximum absolute atomic E-state index is 12.9. The SMILES string of the molecule is CC/C=C\C/C=C\C/C=C\C/C=C\C/C=C\C/C=C\C/C=C\CCCC(=O)OCC(COC(=O)CCCCCCC/C=C\CCCCCCC)OC(=O)CCCCCCCCCC/C=C\C/C=C\C/C=C\C/C=C\CC. The fraction of sp³-hybridized carbons (Fsp3) is 0.614. The van der Waals surface area contributed by atoms with E-state index < -0.39 is 6.10 Å². The van der Waals surface area contributed by atoms with Crippen LogP contribution in [0.3, 0.4) is 0 Å². The van der Waals surface area contributed by atoms with Crippen LogP contribution >= 0.6 is 0 Å². The second-order valence-corrected chi connectivity index (χ2v) is 19.8. The predicted octanol–water partition coefficient (Wildman–Crippen LogP) is 21.2. The first-order valence-electron chi connectivity index (χ1n) is 30.8. The summed E-state index contributed by atoms with van der Waals surface area (Å²) >= 11 is 0. The number of carbonyl (C=O) groups excluding carboxylic acids is 3. The molecular formula is C70H112O6. The van der Waals surface area contributed by atoms with E-state index in [-0.39, 0.29) is 37.5 Å². The van der Waals surface area contributed by atoms with Crippen molar-refractivity contribution in [2.24, 2.45) is 0 Å². The Morgan fingerprint density at radius 1 is 0.276 bits per heavy atom. The van der Waals surface area contributed by atoms with Gasteiger partial charge in [-0.15, -0.1) is 0 Å². The van der Waals surface area contributed by atoms with Gasteiger partial charge in [-0.1, -0.05) is 250 Å². The topological polar surface area (TPSA) is 78.9 Å². The van der Waals surface area contributed by atoms with E-state index in [1.54, 1.807) is 0 Å². The zero-order valence-electron chi connectivity index (χ0n) is 49.0. The molecule has 1 unspecified atom stereocenters. The lowest BCUT2D eigenvalue weighted by Crippen LogP contribution is -2.30. The first kappa shape index (κ1) is 71.3. The van der Waals surface area contributed by atoms with Crippen molar-refractivity contribution in [3.05, 3.63) is 146 Å². The van der Waals surface area contributed by atoms with Crippen molar-refractivity contribution >= 4 is 17.9 Å². The minimum Gasteiger partial charge on any atom is -0.462 e. The molecule has 0 spiro atoms. The van der Waals surface area contributed by atoms with Crippen molar-refractivity contribution in [2.45, 2.75) is 264 Å². The molecule has 0 bridgehead atoms. The van der Waals surface area contributed by atoms with Gasteiger partial charge in [-0.25, -0.2) is 0 Å². The Kier molecular flexibility index (Phi) is 58.9. The van der Waals surface area contributed by atoms with Crippen LogP contribution in [0, 0.1) is 0 Å². The zero-order valence-corrected chi connectivity index (χ0v) is 49.0. The number of esters is 3. The van der Waals surface area contributed by atoms with E-state index in [0.717, 1.165) is 135 Å². The summed E-state index contributed by atoms with van der Waals surface area (Å²) in [5, 5.41) is 0. The molecule has 428 valence electrons. The Morgan fingerprint density at radius 3 is 0.868 bits per heavy atom. The summed E-state index contributed by atoms with van der Waals surface area (Å²) in [5.74, 6) is -0.989. The largest absolute Gasteiger partial charge is 0.462 e. The standard InChI is InChI=1S/C70H112O6/c1-4-7-10-13-16-19-22-25-28-30-32-34-35-37-38-40-42-45-48-51-54-57-60-63-69(72)75-66-67(65-74-68(71)62-59-56-53-50-47-44-27-24-21-18-15-12-9-6-3)76-70(73)64-61-58-55-52-49-46-43-41-39-36-33-31-29-26-23-20-17-14-11-8-5-2/h7-8,10-11,16-17,19-20,24-29,32-34,36-38,42,45,51,54,67H,4-6,9,12-15,18,21-23,30-31,35,39-41,43-44,46-50,52-53,55-66H2,1-3H3/b10-7-,11-8-,19-16-,20-17-,27-24-,28-25-,29-26-,34-32-,36-33-,38-37-,45-42-,54-51-. The summed E-state index contributed by atoms with van der Waals surface area (Å²) in [5.41, 5.74) is 0. The minimum atomic E-state index is -0.817. The number of rotatable bonds is 54. The molecular weight excluding hydrogens is 937 g/mol. The molecule has 0 fully saturated rings. The average Bonchev–Trinajstić information content (AvgIpc) is 3.42. The van der Waals surface area contributed by atoms with Crippen LogP contribution in [0.5, 0.6) is 0 Å². The van der Waals surface area contributed by atoms with Crippen LogP contribution in [0.4, 0.5) is 0 Å². The molecule has 0 aromatic rings. The van der Waals surface area contributed by atoms with Crippen molar-refractivity contribution in [1.82, 2.24) is 0 Å². The van der Waals surface area contributed by atoms with Crippen LogP contribution < -0.4 is 0 Å². The van der Waals surface area contributed by atoms with Crippen molar-refractivity contribution < 1.29 is 28.6 Å². The number of hydrogen-bond donors (Lipinski definition) is 0. The van der Waals surface area contributed by atoms with Gasteiger partial charge in [0.2, 0.25) is 0 Å². The molecule has 6 nitrogen and oxygen atoms in total. The van der Waals surface area contributed by atoms with E-state index in [0.29, 0.717) is 19.3 Å². The van der Waals surface area contributed by atoms with Gasteiger partial charge in [0.05, 0.1) is 0 Å². The van der Waals surface area contributed by atoms with Crippen molar-refractivity contribution in [3.8, 4) is 0 Å². The van der Waals surface area contributed by atoms with Crippen LogP contribution in [-0.4, -0.2) is 37.2 Å². The molecule has 76 heavy (non-hydrogen) atoms. The molecule has 6 heteroatoms. The van der Waals surface area contributed by atoms with E-state index in [4.69, 9.17) is 14.2 Å². The summed E-state index contributed by atoms with van der Waals surface area (Å²) in [6.07, 6.45) is 89.9. The summed E-state index contributed by atoms with van der Waals surface area (Å²) in [6.45, 7) is 6.34. The Bertz CT molecular complexity index is 1680. The molecule has 0 N–H and O–H groups in total. The maximum atomic E-state index is 12.9. The third-order valence-corrected chi connectivity index (χ3v) is 12.6. The molecule has 0 aliphatic rings. The van der Waals surface area contributed by atoms with Gasteiger partial charge in [0.1, 0.15) is 13.2 Å². The molecule has 0 rings (SSSR count). The van der Waals surface area contributed by atoms with Crippen LogP contribution in [0.15, 0.2) is 146 Å². The number of unbranched alkanes of at least 4 members (excludes halogenated alkanes) is 19. The Labute approximate surface area is 467 Å². The molecule has 0 heterocycles. The van der Waals surface area contributed by atoms with Crippen molar-refractivity contribution in [1.29, 1.82) is 0 Å². The quantitative estimate of drug-likeness (QED) is 0.0261. The van der Waals surface area contributed by atoms with Gasteiger partial charge < -0.3 is 14.2 Å². The normalized spacial score (nSPS) is 13.1. The lowest BCUT2D eigenvalue weighted by molar-refractivity contribution is -0.167. The second kappa shape index (κ2) is 62.8. The van der Waals surface area contributed by atoms with Crippen LogP contribution in [0.2, 0.25) is 0 Å². The highest BCUT2D eigenvalue weighted by Gasteiger charge is 2.19. The Morgan fingerprint density at radius 2 is 0.526 bits per heavy atom. The fourth-order valence-electron chi connectivity index (χ4n) is 8.01. The van der Waals surface area contributed by atoms with Gasteiger partial charge in [0.25, 0.3) is 0 Å². The smallest absolute Gasteiger partial charge is 0.306 e. The van der Waals surface area contributed by atoms with Crippen molar-refractivity contribution in [2.75, 3.05) is 13.2 Å². The average molecular weight is 1050 g/mol. The van der Waals surface area contributed by atoms with E-state index in [1.165, 1.54) is 77.0 Å². The molecule has 0 saturated heterocycles. The molecule has 0 aromatic heterocycles. The van der Waals surface area contributed by atoms with Gasteiger partial charge in [-0.3, -0.25) is 14.4 Å². The second-order valence-electron chi connectivity index (χ2n) is 19.8. The first-order valence-corrected chi connectivity index (χ1v) is 30.8. The molecule has 0 aromatic carbocycles. The summed E-state index contributed by atoms with van der Waals surface area (Å²) < 4.78 is 16.8. The fourth-order valence-corrected chi connectivity index (χ4v) is 8.01. The number of ether oxygens (including phenoxy) is 3. The van der Waals surface area contributed by atoms with Gasteiger partial charge in [-0.05, 0) is 135 Å². The molecule has 0 aliphatic carbocycles. The van der Waals surface area contributed by atoms with E-state index in [9.17, 15) is 14.4 Å². The van der Waals surface area contributed by atoms with Gasteiger partial charge in [-0.2, -0.15) is 0 Å². The number of hydrogen-bond acceptors (Lipinski definition) is 6. The highest BCUT2D eigenvalue weighted by Crippen LogP contribution is 2.14. The molecule has 1 atom stereocenters. The Hall–Kier alpha value is -4.71. The lowest BCUT2D eigenvalue weighted by Gasteiger charge is -2.18. The third kappa shape index (κ3) is 60.2. The van der Waals surface area contributed by atoms with Gasteiger partial charge in [0, 0.05) is 19.3 Å². The first-order chi connectivity index (χ1) is 37.5. The van der Waals surface area contributed by atoms with Crippen molar-refractivity contribution in [3.63, 3.8) is 0 Å². The van der Waals surface area contributed by atoms with E-state index in [1.807, 2.05) is 0 Å². The van der Waals surface area contributed by atoms with E-state index >= 15 is 0 Å². The third-order valence-electron chi connectivity index (χ3n) is 12.6. The van der Waals surface area contributed by atoms with Crippen LogP contribution in [0.25, 0.3) is 0 Å². The van der Waals surface area contributed by atoms with E-state index in [2.05, 4.69) is 167 Å². The van der Waals surface area contributed by atoms with Gasteiger partial charge in [0.15, 0.2) is 6.10 Å². The predicted molar refractivity (Wildman–Crippen MR) is 329 cm³/mol. The molecule has 0 aliphatic heterocycles. The minimum absolute atomic E-state index is 0.109. The van der Waals surface area contributed by atoms with Gasteiger partial charge >= 0.3 is 17.9 Å².